The van der Waals surface area contributed by atoms with E-state index in [4.69, 9.17) is 4.98 Å². The van der Waals surface area contributed by atoms with Gasteiger partial charge >= 0.3 is 0 Å². The van der Waals surface area contributed by atoms with Gasteiger partial charge in [0.1, 0.15) is 5.82 Å². The molecule has 1 aliphatic heterocycles. The van der Waals surface area contributed by atoms with Crippen LogP contribution in [0.25, 0.3) is 0 Å². The first kappa shape index (κ1) is 11.6. The third-order valence-electron chi connectivity index (χ3n) is 4.87. The molecule has 2 saturated carbocycles. The van der Waals surface area contributed by atoms with Crippen molar-refractivity contribution >= 4 is 5.82 Å². The maximum Gasteiger partial charge on any atom is 0.147 e. The van der Waals surface area contributed by atoms with Crippen molar-refractivity contribution in [3.8, 4) is 0 Å². The Kier molecular flexibility index (Phi) is 2.91. The van der Waals surface area contributed by atoms with Gasteiger partial charge in [0.25, 0.3) is 0 Å². The van der Waals surface area contributed by atoms with Gasteiger partial charge in [0.2, 0.25) is 0 Å². The maximum atomic E-state index is 4.78. The average Bonchev–Trinajstić information content (AvgIpc) is 3.01. The Morgan fingerprint density at radius 3 is 2.63 bits per heavy atom. The monoisotopic (exact) mass is 258 g/mol. The van der Waals surface area contributed by atoms with E-state index >= 15 is 0 Å². The van der Waals surface area contributed by atoms with Gasteiger partial charge in [-0.05, 0) is 37.5 Å². The van der Waals surface area contributed by atoms with E-state index in [2.05, 4.69) is 15.2 Å². The maximum absolute atomic E-state index is 4.78. The van der Waals surface area contributed by atoms with E-state index in [0.717, 1.165) is 35.9 Å². The molecule has 2 heterocycles. The molecule has 0 radical (unpaired) electrons. The van der Waals surface area contributed by atoms with Crippen molar-refractivity contribution in [3.63, 3.8) is 0 Å². The molecule has 1 aromatic heterocycles. The summed E-state index contributed by atoms with van der Waals surface area (Å²) in [4.78, 5) is 11.6. The molecule has 19 heavy (non-hydrogen) atoms. The molecule has 1 saturated heterocycles. The Morgan fingerprint density at radius 1 is 1.11 bits per heavy atom. The number of rotatable bonds is 4. The summed E-state index contributed by atoms with van der Waals surface area (Å²) in [6.45, 7) is 3.25. The first-order valence-electron chi connectivity index (χ1n) is 7.68. The summed E-state index contributed by atoms with van der Waals surface area (Å²) >= 11 is 0. The van der Waals surface area contributed by atoms with E-state index in [9.17, 15) is 0 Å². The molecule has 4 rings (SSSR count). The Balaban J connectivity index is 1.43. The first-order valence-corrected chi connectivity index (χ1v) is 7.68. The summed E-state index contributed by atoms with van der Waals surface area (Å²) in [5.41, 5.74) is 1.08. The number of nitrogens with zero attached hydrogens (tertiary/aromatic N) is 3. The van der Waals surface area contributed by atoms with Gasteiger partial charge in [-0.1, -0.05) is 6.42 Å². The van der Waals surface area contributed by atoms with Gasteiger partial charge in [-0.15, -0.1) is 0 Å². The van der Waals surface area contributed by atoms with Crippen LogP contribution in [0.4, 0.5) is 5.82 Å². The van der Waals surface area contributed by atoms with E-state index < -0.39 is 0 Å². The normalized spacial score (nSPS) is 29.8. The standard InChI is InChI=1S/C15H22N4/c1-2-11-9-19(10-12(11)3-1)15-8-16-6-14(18-15)7-17-13-4-5-13/h6,8,11-13,17H,1-5,7,9-10H2. The largest absolute Gasteiger partial charge is 0.355 e. The predicted molar refractivity (Wildman–Crippen MR) is 74.9 cm³/mol. The van der Waals surface area contributed by atoms with Crippen molar-refractivity contribution < 1.29 is 0 Å². The van der Waals surface area contributed by atoms with E-state index in [1.807, 2.05) is 12.4 Å². The lowest BCUT2D eigenvalue weighted by Crippen LogP contribution is -2.23. The zero-order valence-corrected chi connectivity index (χ0v) is 11.4. The van der Waals surface area contributed by atoms with Crippen molar-refractivity contribution in [1.82, 2.24) is 15.3 Å². The lowest BCUT2D eigenvalue weighted by atomic mass is 10.0. The van der Waals surface area contributed by atoms with Crippen molar-refractivity contribution in [2.75, 3.05) is 18.0 Å². The molecular formula is C15H22N4. The predicted octanol–water partition coefficient (Wildman–Crippen LogP) is 1.96. The minimum Gasteiger partial charge on any atom is -0.355 e. The number of anilines is 1. The zero-order chi connectivity index (χ0) is 12.7. The Morgan fingerprint density at radius 2 is 1.89 bits per heavy atom. The fraction of sp³-hybridized carbons (Fsp3) is 0.733. The second kappa shape index (κ2) is 4.75. The Hall–Kier alpha value is -1.16. The summed E-state index contributed by atoms with van der Waals surface area (Å²) in [5, 5.41) is 3.51. The van der Waals surface area contributed by atoms with Crippen LogP contribution in [0.2, 0.25) is 0 Å². The quantitative estimate of drug-likeness (QED) is 0.896. The van der Waals surface area contributed by atoms with Gasteiger partial charge in [-0.3, -0.25) is 4.98 Å². The number of hydrogen-bond donors (Lipinski definition) is 1. The zero-order valence-electron chi connectivity index (χ0n) is 11.4. The molecule has 3 fully saturated rings. The van der Waals surface area contributed by atoms with Gasteiger partial charge < -0.3 is 10.2 Å². The molecule has 0 aromatic carbocycles. The highest BCUT2D eigenvalue weighted by Gasteiger charge is 2.36. The van der Waals surface area contributed by atoms with Crippen molar-refractivity contribution in [3.05, 3.63) is 18.1 Å². The van der Waals surface area contributed by atoms with Crippen LogP contribution in [0.1, 0.15) is 37.8 Å². The van der Waals surface area contributed by atoms with Crippen LogP contribution in [0.15, 0.2) is 12.4 Å². The fourth-order valence-electron chi connectivity index (χ4n) is 3.59. The third-order valence-corrected chi connectivity index (χ3v) is 4.87. The SMILES string of the molecule is c1ncc(N2CC3CCCC3C2)nc1CNC1CC1. The summed E-state index contributed by atoms with van der Waals surface area (Å²) < 4.78 is 0. The van der Waals surface area contributed by atoms with Gasteiger partial charge in [0.05, 0.1) is 11.9 Å². The smallest absolute Gasteiger partial charge is 0.147 e. The van der Waals surface area contributed by atoms with Gasteiger partial charge in [0.15, 0.2) is 0 Å². The topological polar surface area (TPSA) is 41.1 Å². The molecule has 0 spiro atoms. The van der Waals surface area contributed by atoms with Gasteiger partial charge in [-0.25, -0.2) is 4.98 Å². The minimum absolute atomic E-state index is 0.733. The van der Waals surface area contributed by atoms with Crippen LogP contribution in [0.3, 0.4) is 0 Å². The molecule has 4 nitrogen and oxygen atoms in total. The fourth-order valence-corrected chi connectivity index (χ4v) is 3.59. The van der Waals surface area contributed by atoms with E-state index in [1.54, 1.807) is 0 Å². The Labute approximate surface area is 114 Å². The Bertz CT molecular complexity index is 445. The molecule has 3 aliphatic rings. The number of aromatic nitrogens is 2. The summed E-state index contributed by atoms with van der Waals surface area (Å²) in [5.74, 6) is 2.91. The highest BCUT2D eigenvalue weighted by atomic mass is 15.2. The molecule has 1 N–H and O–H groups in total. The molecule has 0 bridgehead atoms. The lowest BCUT2D eigenvalue weighted by Gasteiger charge is -2.18. The number of hydrogen-bond acceptors (Lipinski definition) is 4. The second-order valence-electron chi connectivity index (χ2n) is 6.38. The van der Waals surface area contributed by atoms with Crippen molar-refractivity contribution in [2.45, 2.75) is 44.7 Å². The van der Waals surface area contributed by atoms with Crippen molar-refractivity contribution in [2.24, 2.45) is 11.8 Å². The molecule has 4 heteroatoms. The van der Waals surface area contributed by atoms with Crippen LogP contribution in [0, 0.1) is 11.8 Å². The second-order valence-corrected chi connectivity index (χ2v) is 6.38. The highest BCUT2D eigenvalue weighted by Crippen LogP contribution is 2.38. The molecule has 2 aliphatic carbocycles. The molecule has 2 atom stereocenters. The van der Waals surface area contributed by atoms with Crippen LogP contribution >= 0.6 is 0 Å². The number of nitrogens with one attached hydrogen (secondary N) is 1. The third kappa shape index (κ3) is 2.46. The number of fused-ring (bicyclic) bond motifs is 1. The van der Waals surface area contributed by atoms with Crippen LogP contribution < -0.4 is 10.2 Å². The van der Waals surface area contributed by atoms with Gasteiger partial charge in [-0.2, -0.15) is 0 Å². The first-order chi connectivity index (χ1) is 9.38. The molecule has 2 unspecified atom stereocenters. The molecule has 102 valence electrons. The van der Waals surface area contributed by atoms with Crippen LogP contribution in [-0.4, -0.2) is 29.1 Å². The highest BCUT2D eigenvalue weighted by molar-refractivity contribution is 5.38. The summed E-state index contributed by atoms with van der Waals surface area (Å²) in [6.07, 6.45) is 10.7. The summed E-state index contributed by atoms with van der Waals surface area (Å²) in [6, 6.07) is 0.733. The van der Waals surface area contributed by atoms with E-state index in [1.165, 1.54) is 45.2 Å². The van der Waals surface area contributed by atoms with Crippen LogP contribution in [-0.2, 0) is 6.54 Å². The van der Waals surface area contributed by atoms with E-state index in [-0.39, 0.29) is 0 Å². The molecular weight excluding hydrogens is 236 g/mol. The average molecular weight is 258 g/mol. The minimum atomic E-state index is 0.733. The summed E-state index contributed by atoms with van der Waals surface area (Å²) in [7, 11) is 0. The molecule has 0 amide bonds. The van der Waals surface area contributed by atoms with Gasteiger partial charge in [0, 0.05) is 31.9 Å². The lowest BCUT2D eigenvalue weighted by molar-refractivity contribution is 0.494. The van der Waals surface area contributed by atoms with E-state index in [0.29, 0.717) is 0 Å². The van der Waals surface area contributed by atoms with Crippen molar-refractivity contribution in [1.29, 1.82) is 0 Å². The van der Waals surface area contributed by atoms with Crippen LogP contribution in [0.5, 0.6) is 0 Å². The molecule has 1 aromatic rings.